The molecule has 4 rings (SSSR count). The number of nitrogen functional groups attached to an aromatic ring is 1. The number of fused-ring (bicyclic) bond motifs is 1. The van der Waals surface area contributed by atoms with Crippen molar-refractivity contribution >= 4 is 22.4 Å². The number of anilines is 2. The highest BCUT2D eigenvalue weighted by Gasteiger charge is 2.20. The monoisotopic (exact) mass is 333 g/mol. The van der Waals surface area contributed by atoms with Crippen LogP contribution in [-0.4, -0.2) is 34.0 Å². The molecule has 0 aliphatic carbocycles. The summed E-state index contributed by atoms with van der Waals surface area (Å²) in [5, 5.41) is 4.60. The first kappa shape index (κ1) is 15.8. The number of benzene rings is 2. The largest absolute Gasteiger partial charge is 0.399 e. The number of aromatic nitrogens is 2. The second-order valence-corrected chi connectivity index (χ2v) is 6.68. The Morgan fingerprint density at radius 3 is 2.64 bits per heavy atom. The zero-order valence-electron chi connectivity index (χ0n) is 14.2. The topological polar surface area (TPSA) is 67.1 Å². The Morgan fingerprint density at radius 1 is 1.04 bits per heavy atom. The van der Waals surface area contributed by atoms with Crippen molar-refractivity contribution in [2.75, 3.05) is 24.1 Å². The average Bonchev–Trinajstić information content (AvgIpc) is 2.65. The highest BCUT2D eigenvalue weighted by molar-refractivity contribution is 5.91. The van der Waals surface area contributed by atoms with Gasteiger partial charge in [0.25, 0.3) is 0 Å². The third-order valence-corrected chi connectivity index (χ3v) is 4.84. The van der Waals surface area contributed by atoms with Crippen LogP contribution in [0.2, 0.25) is 0 Å². The van der Waals surface area contributed by atoms with Crippen molar-refractivity contribution in [1.82, 2.24) is 14.9 Å². The Bertz CT molecular complexity index is 841. The second-order valence-electron chi connectivity index (χ2n) is 6.68. The molecular formula is C20H23N5. The normalized spacial score (nSPS) is 16.2. The predicted molar refractivity (Wildman–Crippen MR) is 102 cm³/mol. The van der Waals surface area contributed by atoms with Gasteiger partial charge in [-0.05, 0) is 36.6 Å². The van der Waals surface area contributed by atoms with Crippen LogP contribution in [-0.2, 0) is 6.54 Å². The maximum Gasteiger partial charge on any atom is 0.137 e. The number of nitrogens with zero attached hydrogens (tertiary/aromatic N) is 3. The number of nitrogens with one attached hydrogen (secondary N) is 1. The van der Waals surface area contributed by atoms with Crippen LogP contribution in [0.25, 0.3) is 10.9 Å². The maximum atomic E-state index is 5.93. The third kappa shape index (κ3) is 3.72. The van der Waals surface area contributed by atoms with Gasteiger partial charge >= 0.3 is 0 Å². The van der Waals surface area contributed by atoms with E-state index >= 15 is 0 Å². The molecule has 0 radical (unpaired) electrons. The molecule has 2 aromatic carbocycles. The van der Waals surface area contributed by atoms with E-state index < -0.39 is 0 Å². The van der Waals surface area contributed by atoms with Crippen molar-refractivity contribution in [2.45, 2.75) is 25.4 Å². The van der Waals surface area contributed by atoms with Gasteiger partial charge in [0, 0.05) is 36.7 Å². The van der Waals surface area contributed by atoms with Crippen LogP contribution in [0, 0.1) is 0 Å². The SMILES string of the molecule is Nc1ccc2ncnc(NC3CCN(Cc4ccccc4)CC3)c2c1. The smallest absolute Gasteiger partial charge is 0.137 e. The summed E-state index contributed by atoms with van der Waals surface area (Å²) in [6, 6.07) is 16.9. The lowest BCUT2D eigenvalue weighted by atomic mass is 10.0. The second kappa shape index (κ2) is 7.07. The molecule has 1 aliphatic heterocycles. The van der Waals surface area contributed by atoms with Crippen molar-refractivity contribution in [1.29, 1.82) is 0 Å². The Morgan fingerprint density at radius 2 is 1.84 bits per heavy atom. The van der Waals surface area contributed by atoms with E-state index in [0.29, 0.717) is 6.04 Å². The summed E-state index contributed by atoms with van der Waals surface area (Å²) < 4.78 is 0. The first-order valence-corrected chi connectivity index (χ1v) is 8.81. The third-order valence-electron chi connectivity index (χ3n) is 4.84. The quantitative estimate of drug-likeness (QED) is 0.717. The van der Waals surface area contributed by atoms with Crippen LogP contribution in [0.15, 0.2) is 54.9 Å². The van der Waals surface area contributed by atoms with E-state index in [-0.39, 0.29) is 0 Å². The molecule has 5 nitrogen and oxygen atoms in total. The van der Waals surface area contributed by atoms with Crippen LogP contribution in [0.4, 0.5) is 11.5 Å². The zero-order valence-corrected chi connectivity index (χ0v) is 14.2. The van der Waals surface area contributed by atoms with Crippen molar-refractivity contribution in [3.63, 3.8) is 0 Å². The molecule has 0 atom stereocenters. The molecule has 1 aliphatic rings. The van der Waals surface area contributed by atoms with Crippen molar-refractivity contribution in [3.8, 4) is 0 Å². The van der Waals surface area contributed by atoms with Gasteiger partial charge in [-0.3, -0.25) is 4.90 Å². The van der Waals surface area contributed by atoms with Gasteiger partial charge in [-0.25, -0.2) is 9.97 Å². The van der Waals surface area contributed by atoms with Crippen LogP contribution in [0.3, 0.4) is 0 Å². The standard InChI is InChI=1S/C20H23N5/c21-16-6-7-19-18(12-16)20(23-14-22-19)24-17-8-10-25(11-9-17)13-15-4-2-1-3-5-15/h1-7,12,14,17H,8-11,13,21H2,(H,22,23,24). The molecule has 0 bridgehead atoms. The molecule has 0 spiro atoms. The fourth-order valence-corrected chi connectivity index (χ4v) is 3.46. The van der Waals surface area contributed by atoms with E-state index in [1.165, 1.54) is 5.56 Å². The van der Waals surface area contributed by atoms with Gasteiger partial charge < -0.3 is 11.1 Å². The molecule has 0 unspecified atom stereocenters. The molecule has 25 heavy (non-hydrogen) atoms. The predicted octanol–water partition coefficient (Wildman–Crippen LogP) is 3.29. The van der Waals surface area contributed by atoms with Gasteiger partial charge in [-0.2, -0.15) is 0 Å². The highest BCUT2D eigenvalue weighted by atomic mass is 15.1. The van der Waals surface area contributed by atoms with Gasteiger partial charge in [0.1, 0.15) is 12.1 Å². The lowest BCUT2D eigenvalue weighted by molar-refractivity contribution is 0.211. The van der Waals surface area contributed by atoms with Gasteiger partial charge in [0.15, 0.2) is 0 Å². The van der Waals surface area contributed by atoms with E-state index in [1.807, 2.05) is 18.2 Å². The van der Waals surface area contributed by atoms with Crippen LogP contribution < -0.4 is 11.1 Å². The molecule has 2 heterocycles. The van der Waals surface area contributed by atoms with E-state index in [4.69, 9.17) is 5.73 Å². The van der Waals surface area contributed by atoms with E-state index in [0.717, 1.165) is 54.9 Å². The number of rotatable bonds is 4. The fourth-order valence-electron chi connectivity index (χ4n) is 3.46. The Hall–Kier alpha value is -2.66. The van der Waals surface area contributed by atoms with Crippen LogP contribution >= 0.6 is 0 Å². The average molecular weight is 333 g/mol. The summed E-state index contributed by atoms with van der Waals surface area (Å²) in [6.45, 7) is 3.22. The molecule has 0 amide bonds. The molecule has 1 aromatic heterocycles. The van der Waals surface area contributed by atoms with E-state index in [9.17, 15) is 0 Å². The molecule has 0 saturated carbocycles. The van der Waals surface area contributed by atoms with Crippen LogP contribution in [0.5, 0.6) is 0 Å². The molecule has 128 valence electrons. The summed E-state index contributed by atoms with van der Waals surface area (Å²) in [7, 11) is 0. The molecule has 1 fully saturated rings. The first-order chi connectivity index (χ1) is 12.3. The molecule has 3 aromatic rings. The molecule has 5 heteroatoms. The number of nitrogens with two attached hydrogens (primary N) is 1. The van der Waals surface area contributed by atoms with Crippen LogP contribution in [0.1, 0.15) is 18.4 Å². The lowest BCUT2D eigenvalue weighted by Crippen LogP contribution is -2.38. The fraction of sp³-hybridized carbons (Fsp3) is 0.300. The molecule has 1 saturated heterocycles. The minimum atomic E-state index is 0.437. The van der Waals surface area contributed by atoms with E-state index in [1.54, 1.807) is 6.33 Å². The summed E-state index contributed by atoms with van der Waals surface area (Å²) in [5.74, 6) is 0.888. The number of likely N-dealkylation sites (tertiary alicyclic amines) is 1. The van der Waals surface area contributed by atoms with Crippen molar-refractivity contribution in [3.05, 3.63) is 60.4 Å². The number of hydrogen-bond donors (Lipinski definition) is 2. The van der Waals surface area contributed by atoms with Gasteiger partial charge in [0.05, 0.1) is 5.52 Å². The van der Waals surface area contributed by atoms with Gasteiger partial charge in [-0.1, -0.05) is 30.3 Å². The maximum absolute atomic E-state index is 5.93. The summed E-state index contributed by atoms with van der Waals surface area (Å²) >= 11 is 0. The lowest BCUT2D eigenvalue weighted by Gasteiger charge is -2.32. The summed E-state index contributed by atoms with van der Waals surface area (Å²) in [4.78, 5) is 11.3. The molecular weight excluding hydrogens is 310 g/mol. The Labute approximate surface area is 147 Å². The minimum Gasteiger partial charge on any atom is -0.399 e. The Balaban J connectivity index is 1.40. The Kier molecular flexibility index (Phi) is 4.48. The highest BCUT2D eigenvalue weighted by Crippen LogP contribution is 2.24. The van der Waals surface area contributed by atoms with Crippen molar-refractivity contribution in [2.24, 2.45) is 0 Å². The zero-order chi connectivity index (χ0) is 17.1. The summed E-state index contributed by atoms with van der Waals surface area (Å²) in [5.41, 5.74) is 8.97. The minimum absolute atomic E-state index is 0.437. The van der Waals surface area contributed by atoms with Crippen molar-refractivity contribution < 1.29 is 0 Å². The van der Waals surface area contributed by atoms with Gasteiger partial charge in [0.2, 0.25) is 0 Å². The van der Waals surface area contributed by atoms with Gasteiger partial charge in [-0.15, -0.1) is 0 Å². The first-order valence-electron chi connectivity index (χ1n) is 8.81. The number of piperidine rings is 1. The van der Waals surface area contributed by atoms with E-state index in [2.05, 4.69) is 50.5 Å². The molecule has 3 N–H and O–H groups in total. The summed E-state index contributed by atoms with van der Waals surface area (Å²) in [6.07, 6.45) is 3.84. The number of hydrogen-bond acceptors (Lipinski definition) is 5.